The van der Waals surface area contributed by atoms with E-state index in [0.29, 0.717) is 18.2 Å². The van der Waals surface area contributed by atoms with Gasteiger partial charge in [0.2, 0.25) is 17.8 Å². The Morgan fingerprint density at radius 3 is 2.64 bits per heavy atom. The van der Waals surface area contributed by atoms with E-state index in [-0.39, 0.29) is 23.7 Å². The van der Waals surface area contributed by atoms with E-state index >= 15 is 0 Å². The first-order chi connectivity index (χ1) is 10.5. The summed E-state index contributed by atoms with van der Waals surface area (Å²) in [7, 11) is 0. The molecule has 2 rings (SSSR count). The average molecular weight is 323 g/mol. The van der Waals surface area contributed by atoms with Gasteiger partial charge in [0.05, 0.1) is 6.04 Å². The zero-order chi connectivity index (χ0) is 16.1. The number of nitrogens with one attached hydrogen (secondary N) is 2. The molecule has 2 aromatic rings. The van der Waals surface area contributed by atoms with Crippen LogP contribution in [0, 0.1) is 12.7 Å². The number of halogens is 1. The fourth-order valence-electron chi connectivity index (χ4n) is 1.86. The lowest BCUT2D eigenvalue weighted by molar-refractivity contribution is -0.115. The van der Waals surface area contributed by atoms with Crippen LogP contribution >= 0.6 is 11.3 Å². The van der Waals surface area contributed by atoms with Gasteiger partial charge in [-0.15, -0.1) is 11.3 Å². The molecule has 0 aromatic carbocycles. The molecule has 0 bridgehead atoms. The van der Waals surface area contributed by atoms with Crippen molar-refractivity contribution in [3.05, 3.63) is 28.0 Å². The topological polar surface area (TPSA) is 79.8 Å². The Hall–Kier alpha value is -2.09. The smallest absolute Gasteiger partial charge is 0.234 e. The number of hydrogen-bond donors (Lipinski definition) is 2. The first-order valence-electron chi connectivity index (χ1n) is 7.04. The Morgan fingerprint density at radius 2 is 2.05 bits per heavy atom. The van der Waals surface area contributed by atoms with Gasteiger partial charge in [-0.3, -0.25) is 10.1 Å². The van der Waals surface area contributed by atoms with Crippen LogP contribution in [0.15, 0.2) is 11.4 Å². The summed E-state index contributed by atoms with van der Waals surface area (Å²) in [5.74, 6) is 0.664. The number of hydrogen-bond acceptors (Lipinski definition) is 6. The zero-order valence-corrected chi connectivity index (χ0v) is 13.5. The van der Waals surface area contributed by atoms with Crippen molar-refractivity contribution in [3.63, 3.8) is 0 Å². The van der Waals surface area contributed by atoms with Crippen molar-refractivity contribution in [3.8, 4) is 0 Å². The van der Waals surface area contributed by atoms with E-state index in [1.165, 1.54) is 22.8 Å². The summed E-state index contributed by atoms with van der Waals surface area (Å²) in [6, 6.07) is 1.41. The van der Waals surface area contributed by atoms with Crippen LogP contribution in [0.3, 0.4) is 0 Å². The summed E-state index contributed by atoms with van der Waals surface area (Å²) in [6.45, 7) is 5.46. The lowest BCUT2D eigenvalue weighted by atomic mass is 10.2. The molecule has 0 saturated carbocycles. The van der Waals surface area contributed by atoms with Crippen LogP contribution in [0.2, 0.25) is 0 Å². The summed E-state index contributed by atoms with van der Waals surface area (Å²) in [4.78, 5) is 24.8. The molecule has 2 N–H and O–H groups in total. The molecule has 0 aliphatic carbocycles. The van der Waals surface area contributed by atoms with Crippen LogP contribution < -0.4 is 10.6 Å². The first-order valence-corrected chi connectivity index (χ1v) is 7.92. The minimum Gasteiger partial charge on any atom is -0.346 e. The van der Waals surface area contributed by atoms with Gasteiger partial charge in [0.1, 0.15) is 11.6 Å². The Bertz CT molecular complexity index is 660. The quantitative estimate of drug-likeness (QED) is 0.852. The van der Waals surface area contributed by atoms with Crippen molar-refractivity contribution in [2.24, 2.45) is 0 Å². The number of rotatable bonds is 6. The van der Waals surface area contributed by atoms with E-state index in [0.717, 1.165) is 11.3 Å². The monoisotopic (exact) mass is 323 g/mol. The predicted molar refractivity (Wildman–Crippen MR) is 84.4 cm³/mol. The second-order valence-electron chi connectivity index (χ2n) is 4.70. The van der Waals surface area contributed by atoms with Gasteiger partial charge in [-0.25, -0.2) is 4.39 Å². The zero-order valence-electron chi connectivity index (χ0n) is 12.7. The minimum absolute atomic E-state index is 0.0916. The van der Waals surface area contributed by atoms with Crippen molar-refractivity contribution in [1.29, 1.82) is 0 Å². The lowest BCUT2D eigenvalue weighted by Gasteiger charge is -2.16. The van der Waals surface area contributed by atoms with Crippen molar-refractivity contribution in [2.75, 3.05) is 10.6 Å². The third kappa shape index (κ3) is 4.20. The number of nitrogens with zero attached hydrogens (tertiary/aromatic N) is 3. The Morgan fingerprint density at radius 1 is 1.32 bits per heavy atom. The van der Waals surface area contributed by atoms with Gasteiger partial charge in [0, 0.05) is 16.7 Å². The third-order valence-corrected chi connectivity index (χ3v) is 3.98. The fraction of sp³-hybridized carbons (Fsp3) is 0.429. The van der Waals surface area contributed by atoms with Crippen LogP contribution in [-0.4, -0.2) is 20.9 Å². The molecule has 0 fully saturated rings. The van der Waals surface area contributed by atoms with Crippen molar-refractivity contribution in [1.82, 2.24) is 15.0 Å². The third-order valence-electron chi connectivity index (χ3n) is 2.96. The van der Waals surface area contributed by atoms with Crippen LogP contribution in [0.25, 0.3) is 0 Å². The van der Waals surface area contributed by atoms with Gasteiger partial charge in [-0.05, 0) is 19.4 Å². The molecule has 22 heavy (non-hydrogen) atoms. The standard InChI is InChI=1S/C14H18FN5OS/c1-4-10(11-6-9(15)7-22-11)18-13-16-8(3)17-14(20-13)19-12(21)5-2/h6-7,10H,4-5H2,1-3H3,(H2,16,17,18,19,20,21). The maximum absolute atomic E-state index is 13.2. The molecule has 2 aromatic heterocycles. The summed E-state index contributed by atoms with van der Waals surface area (Å²) in [5, 5.41) is 7.23. The first kappa shape index (κ1) is 16.3. The van der Waals surface area contributed by atoms with Gasteiger partial charge in [0.25, 0.3) is 0 Å². The molecular weight excluding hydrogens is 305 g/mol. The van der Waals surface area contributed by atoms with E-state index in [2.05, 4.69) is 25.6 Å². The molecule has 6 nitrogen and oxygen atoms in total. The summed E-state index contributed by atoms with van der Waals surface area (Å²) in [6.07, 6.45) is 1.10. The molecule has 118 valence electrons. The van der Waals surface area contributed by atoms with Crippen LogP contribution in [0.5, 0.6) is 0 Å². The molecular formula is C14H18FN5OS. The van der Waals surface area contributed by atoms with Gasteiger partial charge >= 0.3 is 0 Å². The summed E-state index contributed by atoms with van der Waals surface area (Å²) < 4.78 is 13.2. The number of thiophene rings is 1. The SMILES string of the molecule is CCC(=O)Nc1nc(C)nc(NC(CC)c2cc(F)cs2)n1. The highest BCUT2D eigenvalue weighted by Gasteiger charge is 2.15. The van der Waals surface area contributed by atoms with Crippen molar-refractivity contribution >= 4 is 29.1 Å². The van der Waals surface area contributed by atoms with E-state index in [4.69, 9.17) is 0 Å². The molecule has 2 heterocycles. The molecule has 8 heteroatoms. The summed E-state index contributed by atoms with van der Waals surface area (Å²) >= 11 is 1.35. The van der Waals surface area contributed by atoms with Crippen molar-refractivity contribution in [2.45, 2.75) is 39.7 Å². The highest BCUT2D eigenvalue weighted by molar-refractivity contribution is 7.10. The molecule has 0 aliphatic heterocycles. The lowest BCUT2D eigenvalue weighted by Crippen LogP contribution is -2.16. The van der Waals surface area contributed by atoms with E-state index in [1.807, 2.05) is 6.92 Å². The molecule has 0 saturated heterocycles. The number of aryl methyl sites for hydroxylation is 1. The number of anilines is 2. The molecule has 1 atom stereocenters. The summed E-state index contributed by atoms with van der Waals surface area (Å²) in [5.41, 5.74) is 0. The number of aromatic nitrogens is 3. The largest absolute Gasteiger partial charge is 0.346 e. The van der Waals surface area contributed by atoms with Gasteiger partial charge in [0.15, 0.2) is 0 Å². The molecule has 0 spiro atoms. The fourth-order valence-corrected chi connectivity index (χ4v) is 2.74. The van der Waals surface area contributed by atoms with E-state index in [9.17, 15) is 9.18 Å². The van der Waals surface area contributed by atoms with Crippen LogP contribution in [-0.2, 0) is 4.79 Å². The second kappa shape index (κ2) is 7.26. The molecule has 0 aliphatic rings. The van der Waals surface area contributed by atoms with Crippen molar-refractivity contribution < 1.29 is 9.18 Å². The Labute approximate surface area is 132 Å². The molecule has 1 amide bonds. The molecule has 0 radical (unpaired) electrons. The average Bonchev–Trinajstić information content (AvgIpc) is 2.90. The number of carbonyl (C=O) groups excluding carboxylic acids is 1. The van der Waals surface area contributed by atoms with Gasteiger partial charge in [-0.2, -0.15) is 15.0 Å². The normalized spacial score (nSPS) is 12.0. The number of carbonyl (C=O) groups is 1. The van der Waals surface area contributed by atoms with Crippen LogP contribution in [0.4, 0.5) is 16.3 Å². The van der Waals surface area contributed by atoms with Crippen LogP contribution in [0.1, 0.15) is 43.4 Å². The Kier molecular flexibility index (Phi) is 5.37. The second-order valence-corrected chi connectivity index (χ2v) is 5.65. The van der Waals surface area contributed by atoms with E-state index < -0.39 is 0 Å². The Balaban J connectivity index is 2.18. The van der Waals surface area contributed by atoms with E-state index in [1.54, 1.807) is 13.8 Å². The predicted octanol–water partition coefficient (Wildman–Crippen LogP) is 3.29. The molecule has 1 unspecified atom stereocenters. The maximum atomic E-state index is 13.2. The maximum Gasteiger partial charge on any atom is 0.234 e. The van der Waals surface area contributed by atoms with Gasteiger partial charge in [-0.1, -0.05) is 13.8 Å². The minimum atomic E-state index is -0.247. The number of amides is 1. The van der Waals surface area contributed by atoms with Gasteiger partial charge < -0.3 is 5.32 Å². The highest BCUT2D eigenvalue weighted by Crippen LogP contribution is 2.26. The highest BCUT2D eigenvalue weighted by atomic mass is 32.1.